The van der Waals surface area contributed by atoms with E-state index in [1.165, 1.54) is 28.5 Å². The van der Waals surface area contributed by atoms with Crippen LogP contribution in [0.3, 0.4) is 0 Å². The van der Waals surface area contributed by atoms with Gasteiger partial charge in [-0.1, -0.05) is 0 Å². The molecule has 2 aromatic heterocycles. The van der Waals surface area contributed by atoms with Gasteiger partial charge in [-0.3, -0.25) is 9.09 Å². The lowest BCUT2D eigenvalue weighted by Crippen LogP contribution is -2.33. The van der Waals surface area contributed by atoms with Crippen LogP contribution in [0.15, 0.2) is 12.7 Å². The first-order valence-electron chi connectivity index (χ1n) is 7.50. The zero-order valence-corrected chi connectivity index (χ0v) is 15.6. The molecule has 16 heteroatoms. The summed E-state index contributed by atoms with van der Waals surface area (Å²) >= 11 is 0. The number of nitrogens with zero attached hydrogens (tertiary/aromatic N) is 4. The molecule has 5 atom stereocenters. The van der Waals surface area contributed by atoms with Crippen molar-refractivity contribution in [2.75, 3.05) is 12.3 Å². The van der Waals surface area contributed by atoms with Gasteiger partial charge in [-0.05, 0) is 0 Å². The van der Waals surface area contributed by atoms with E-state index in [2.05, 4.69) is 19.5 Å². The quantitative estimate of drug-likeness (QED) is 0.234. The molecule has 2 aromatic rings. The van der Waals surface area contributed by atoms with E-state index >= 15 is 0 Å². The second-order valence-corrected chi connectivity index (χ2v) is 8.55. The molecule has 0 aliphatic carbocycles. The van der Waals surface area contributed by atoms with Gasteiger partial charge in [-0.2, -0.15) is 0 Å². The highest BCUT2D eigenvalue weighted by Crippen LogP contribution is 2.44. The molecule has 3 rings (SSSR count). The number of imidazole rings is 1. The Labute approximate surface area is 156 Å². The molecular formula is C12H15N5O9P2. The normalized spacial score (nSPS) is 27.3. The van der Waals surface area contributed by atoms with E-state index in [1.807, 2.05) is 0 Å². The van der Waals surface area contributed by atoms with Crippen LogP contribution >= 0.6 is 15.2 Å². The maximum Gasteiger partial charge on any atom is 0.403 e. The van der Waals surface area contributed by atoms with Crippen molar-refractivity contribution >= 4 is 32.2 Å². The fourth-order valence-corrected chi connectivity index (χ4v) is 3.93. The summed E-state index contributed by atoms with van der Waals surface area (Å²) in [6, 6.07) is 0. The van der Waals surface area contributed by atoms with Crippen LogP contribution in [0.2, 0.25) is 0 Å². The van der Waals surface area contributed by atoms with Crippen molar-refractivity contribution in [2.45, 2.75) is 24.5 Å². The van der Waals surface area contributed by atoms with Gasteiger partial charge in [-0.15, -0.1) is 0 Å². The van der Waals surface area contributed by atoms with Crippen LogP contribution < -0.4 is 5.73 Å². The smallest absolute Gasteiger partial charge is 0.387 e. The predicted octanol–water partition coefficient (Wildman–Crippen LogP) is -1.67. The standard InChI is InChI=1S/C12H15N5O9P2/c13-10-7-11(15-4-14-10)17(5-16-7)12-9(19)8(18)6(26-12)3-25-28(23,24)2-1-27(20,21)22/h4-6,8-9,12,18-19H,3H2,(H,23,24)(H2,13,14,15)(H2,20,21,22)/t6-,8-,9-,12-/m1/s1. The third kappa shape index (κ3) is 4.39. The molecule has 14 nitrogen and oxygen atoms in total. The zero-order chi connectivity index (χ0) is 20.7. The van der Waals surface area contributed by atoms with E-state index in [4.69, 9.17) is 20.3 Å². The summed E-state index contributed by atoms with van der Waals surface area (Å²) in [7, 11) is -9.53. The van der Waals surface area contributed by atoms with Crippen LogP contribution in [0.25, 0.3) is 11.2 Å². The first-order chi connectivity index (χ1) is 13.0. The fraction of sp³-hybridized carbons (Fsp3) is 0.417. The summed E-state index contributed by atoms with van der Waals surface area (Å²) in [6.07, 6.45) is -2.97. The van der Waals surface area contributed by atoms with Crippen LogP contribution in [-0.2, 0) is 18.4 Å². The molecule has 1 fully saturated rings. The lowest BCUT2D eigenvalue weighted by molar-refractivity contribution is -0.0481. The van der Waals surface area contributed by atoms with Gasteiger partial charge in [0.25, 0.3) is 0 Å². The first kappa shape index (κ1) is 20.8. The summed E-state index contributed by atoms with van der Waals surface area (Å²) in [5, 5.41) is 20.4. The maximum atomic E-state index is 11.7. The highest BCUT2D eigenvalue weighted by atomic mass is 31.2. The van der Waals surface area contributed by atoms with Crippen molar-refractivity contribution in [1.82, 2.24) is 19.5 Å². The van der Waals surface area contributed by atoms with E-state index in [0.29, 0.717) is 0 Å². The summed E-state index contributed by atoms with van der Waals surface area (Å²) in [4.78, 5) is 38.5. The molecular weight excluding hydrogens is 420 g/mol. The summed E-state index contributed by atoms with van der Waals surface area (Å²) in [5.41, 5.74) is 8.91. The molecule has 0 bridgehead atoms. The topological polar surface area (TPSA) is 223 Å². The Bertz CT molecular complexity index is 1040. The largest absolute Gasteiger partial charge is 0.403 e. The Morgan fingerprint density at radius 2 is 1.89 bits per heavy atom. The predicted molar refractivity (Wildman–Crippen MR) is 91.3 cm³/mol. The third-order valence-corrected chi connectivity index (χ3v) is 5.22. The minimum atomic E-state index is -4.83. The second-order valence-electron chi connectivity index (χ2n) is 5.71. The minimum Gasteiger partial charge on any atom is -0.387 e. The van der Waals surface area contributed by atoms with E-state index in [0.717, 1.165) is 0 Å². The molecule has 1 aliphatic rings. The molecule has 7 N–H and O–H groups in total. The number of rotatable bonds is 4. The van der Waals surface area contributed by atoms with Crippen molar-refractivity contribution in [3.63, 3.8) is 0 Å². The van der Waals surface area contributed by atoms with E-state index < -0.39 is 46.3 Å². The highest BCUT2D eigenvalue weighted by Gasteiger charge is 2.45. The molecule has 0 radical (unpaired) electrons. The maximum absolute atomic E-state index is 11.7. The Balaban J connectivity index is 1.75. The molecule has 0 aromatic carbocycles. The Hall–Kier alpha value is -1.91. The number of nitrogens with two attached hydrogens (primary N) is 1. The Morgan fingerprint density at radius 3 is 2.57 bits per heavy atom. The second kappa shape index (κ2) is 7.49. The molecule has 1 unspecified atom stereocenters. The third-order valence-electron chi connectivity index (χ3n) is 3.75. The molecule has 0 amide bonds. The summed E-state index contributed by atoms with van der Waals surface area (Å²) < 4.78 is 33.8. The van der Waals surface area contributed by atoms with E-state index in [1.54, 1.807) is 0 Å². The van der Waals surface area contributed by atoms with Crippen LogP contribution in [-0.4, -0.2) is 69.3 Å². The van der Waals surface area contributed by atoms with Gasteiger partial charge in [-0.25, -0.2) is 24.1 Å². The van der Waals surface area contributed by atoms with Crippen molar-refractivity contribution in [1.29, 1.82) is 0 Å². The van der Waals surface area contributed by atoms with Crippen molar-refractivity contribution in [2.24, 2.45) is 0 Å². The average Bonchev–Trinajstić information content (AvgIpc) is 3.15. The van der Waals surface area contributed by atoms with Gasteiger partial charge in [0.15, 0.2) is 17.7 Å². The fourth-order valence-electron chi connectivity index (χ4n) is 2.49. The summed E-state index contributed by atoms with van der Waals surface area (Å²) in [6.45, 7) is -0.692. The van der Waals surface area contributed by atoms with Gasteiger partial charge in [0.1, 0.15) is 30.2 Å². The molecule has 1 aliphatic heterocycles. The number of aliphatic hydroxyl groups is 2. The number of aromatic nitrogens is 4. The van der Waals surface area contributed by atoms with Gasteiger partial charge in [0, 0.05) is 11.3 Å². The van der Waals surface area contributed by atoms with Gasteiger partial charge < -0.3 is 35.4 Å². The van der Waals surface area contributed by atoms with Crippen LogP contribution in [0.4, 0.5) is 5.82 Å². The van der Waals surface area contributed by atoms with Crippen molar-refractivity contribution in [3.8, 4) is 11.3 Å². The van der Waals surface area contributed by atoms with Crippen LogP contribution in [0, 0.1) is 11.3 Å². The number of fused-ring (bicyclic) bond motifs is 1. The SMILES string of the molecule is Nc1ncnc2c1ncn2[C@@H]1O[C@H](COP(=O)(O)C#CP(=O)(O)O)[C@@H](O)[C@H]1O. The lowest BCUT2D eigenvalue weighted by atomic mass is 10.1. The zero-order valence-electron chi connectivity index (χ0n) is 13.8. The number of hydrogen-bond donors (Lipinski definition) is 6. The number of aliphatic hydroxyl groups excluding tert-OH is 2. The van der Waals surface area contributed by atoms with Crippen molar-refractivity contribution in [3.05, 3.63) is 12.7 Å². The van der Waals surface area contributed by atoms with Crippen molar-refractivity contribution < 1.29 is 43.3 Å². The molecule has 28 heavy (non-hydrogen) atoms. The molecule has 3 heterocycles. The monoisotopic (exact) mass is 435 g/mol. The summed E-state index contributed by atoms with van der Waals surface area (Å²) in [5.74, 6) is 0.0986. The Kier molecular flexibility index (Phi) is 5.57. The molecule has 0 saturated carbocycles. The Morgan fingerprint density at radius 1 is 1.18 bits per heavy atom. The number of ether oxygens (including phenoxy) is 1. The molecule has 152 valence electrons. The number of hydrogen-bond acceptors (Lipinski definition) is 10. The van der Waals surface area contributed by atoms with Crippen LogP contribution in [0.1, 0.15) is 6.23 Å². The average molecular weight is 435 g/mol. The van der Waals surface area contributed by atoms with Crippen LogP contribution in [0.5, 0.6) is 0 Å². The van der Waals surface area contributed by atoms with E-state index in [-0.39, 0.29) is 17.0 Å². The number of anilines is 1. The number of nitrogen functional groups attached to an aromatic ring is 1. The lowest BCUT2D eigenvalue weighted by Gasteiger charge is -2.16. The van der Waals surface area contributed by atoms with Gasteiger partial charge in [0.05, 0.1) is 12.9 Å². The first-order valence-corrected chi connectivity index (χ1v) is 10.7. The highest BCUT2D eigenvalue weighted by molar-refractivity contribution is 7.61. The van der Waals surface area contributed by atoms with Gasteiger partial charge >= 0.3 is 15.2 Å². The van der Waals surface area contributed by atoms with Gasteiger partial charge in [0.2, 0.25) is 0 Å². The molecule has 1 saturated heterocycles. The molecule has 0 spiro atoms. The van der Waals surface area contributed by atoms with E-state index in [9.17, 15) is 24.2 Å². The minimum absolute atomic E-state index is 0.0986.